The Bertz CT molecular complexity index is 968. The van der Waals surface area contributed by atoms with Crippen molar-refractivity contribution in [1.82, 2.24) is 4.90 Å². The second kappa shape index (κ2) is 10.0. The van der Waals surface area contributed by atoms with Crippen molar-refractivity contribution in [1.29, 1.82) is 0 Å². The van der Waals surface area contributed by atoms with Crippen LogP contribution in [0.25, 0.3) is 0 Å². The van der Waals surface area contributed by atoms with Crippen LogP contribution < -0.4 is 10.2 Å². The number of carbonyl (C=O) groups is 3. The minimum absolute atomic E-state index is 0.0746. The van der Waals surface area contributed by atoms with Gasteiger partial charge >= 0.3 is 5.97 Å². The van der Waals surface area contributed by atoms with E-state index in [1.807, 2.05) is 31.2 Å². The van der Waals surface area contributed by atoms with Gasteiger partial charge in [-0.3, -0.25) is 14.4 Å². The van der Waals surface area contributed by atoms with Crippen molar-refractivity contribution < 1.29 is 24.2 Å². The third kappa shape index (κ3) is 4.20. The van der Waals surface area contributed by atoms with E-state index in [2.05, 4.69) is 24.1 Å². The van der Waals surface area contributed by atoms with E-state index >= 15 is 0 Å². The highest BCUT2D eigenvalue weighted by Crippen LogP contribution is 2.71. The number of carbonyl (C=O) groups excluding carboxylic acids is 3. The monoisotopic (exact) mass is 503 g/mol. The number of nitrogens with one attached hydrogen (secondary N) is 1. The second-order valence-corrected chi connectivity index (χ2v) is 11.7. The maximum atomic E-state index is 13.8. The van der Waals surface area contributed by atoms with Crippen molar-refractivity contribution in [3.63, 3.8) is 0 Å². The molecule has 3 aliphatic rings. The van der Waals surface area contributed by atoms with Crippen LogP contribution in [0.4, 0.5) is 11.4 Å². The van der Waals surface area contributed by atoms with Crippen LogP contribution in [0.1, 0.15) is 47.0 Å². The molecule has 0 aromatic heterocycles. The van der Waals surface area contributed by atoms with E-state index in [4.69, 9.17) is 4.74 Å². The lowest BCUT2D eigenvalue weighted by Gasteiger charge is -2.34. The number of hydrogen-bond acceptors (Lipinski definition) is 7. The quantitative estimate of drug-likeness (QED) is 0.474. The molecule has 8 nitrogen and oxygen atoms in total. The van der Waals surface area contributed by atoms with Gasteiger partial charge in [-0.05, 0) is 71.2 Å². The van der Waals surface area contributed by atoms with Crippen LogP contribution >= 0.6 is 11.8 Å². The Morgan fingerprint density at radius 2 is 1.89 bits per heavy atom. The first kappa shape index (κ1) is 25.8. The van der Waals surface area contributed by atoms with E-state index < -0.39 is 27.4 Å². The number of thioether (sulfide) groups is 1. The van der Waals surface area contributed by atoms with Gasteiger partial charge in [0.15, 0.2) is 0 Å². The normalized spacial score (nSPS) is 30.9. The number of benzene rings is 1. The summed E-state index contributed by atoms with van der Waals surface area (Å²) in [5, 5.41) is 12.5. The van der Waals surface area contributed by atoms with Gasteiger partial charge in [0.2, 0.25) is 11.8 Å². The highest BCUT2D eigenvalue weighted by atomic mass is 32.2. The summed E-state index contributed by atoms with van der Waals surface area (Å²) in [5.74, 6) is -1.93. The van der Waals surface area contributed by atoms with E-state index in [-0.39, 0.29) is 37.5 Å². The Kier molecular flexibility index (Phi) is 7.38. The molecule has 3 heterocycles. The summed E-state index contributed by atoms with van der Waals surface area (Å²) >= 11 is 1.62. The van der Waals surface area contributed by atoms with Crippen molar-refractivity contribution in [3.05, 3.63) is 24.3 Å². The van der Waals surface area contributed by atoms with Gasteiger partial charge in [0.25, 0.3) is 0 Å². The highest BCUT2D eigenvalue weighted by Gasteiger charge is 2.77. The van der Waals surface area contributed by atoms with Gasteiger partial charge in [-0.1, -0.05) is 0 Å². The zero-order chi connectivity index (χ0) is 25.4. The average Bonchev–Trinajstić information content (AvgIpc) is 3.40. The number of anilines is 2. The largest absolute Gasteiger partial charge is 0.466 e. The smallest absolute Gasteiger partial charge is 0.311 e. The molecule has 2 bridgehead atoms. The first-order chi connectivity index (χ1) is 16.8. The van der Waals surface area contributed by atoms with Crippen molar-refractivity contribution in [2.24, 2.45) is 11.8 Å². The number of amides is 2. The summed E-state index contributed by atoms with van der Waals surface area (Å²) in [5.41, 5.74) is 1.76. The van der Waals surface area contributed by atoms with Gasteiger partial charge < -0.3 is 25.0 Å². The third-order valence-corrected chi connectivity index (χ3v) is 9.87. The second-order valence-electron chi connectivity index (χ2n) is 9.80. The molecular formula is C26H37N3O5S. The minimum atomic E-state index is -0.708. The Morgan fingerprint density at radius 3 is 2.49 bits per heavy atom. The van der Waals surface area contributed by atoms with Crippen LogP contribution in [0.2, 0.25) is 0 Å². The zero-order valence-corrected chi connectivity index (χ0v) is 21.9. The van der Waals surface area contributed by atoms with E-state index in [1.54, 1.807) is 23.6 Å². The fraction of sp³-hybridized carbons (Fsp3) is 0.654. The van der Waals surface area contributed by atoms with E-state index in [9.17, 15) is 19.5 Å². The van der Waals surface area contributed by atoms with Gasteiger partial charge in [-0.2, -0.15) is 0 Å². The summed E-state index contributed by atoms with van der Waals surface area (Å²) in [6.07, 6.45) is 1.82. The van der Waals surface area contributed by atoms with E-state index in [0.29, 0.717) is 18.5 Å². The molecular weight excluding hydrogens is 466 g/mol. The molecule has 192 valence electrons. The number of nitrogens with zero attached hydrogens (tertiary/aromatic N) is 2. The molecule has 5 atom stereocenters. The van der Waals surface area contributed by atoms with E-state index in [0.717, 1.165) is 25.2 Å². The fourth-order valence-electron chi connectivity index (χ4n) is 6.35. The lowest BCUT2D eigenvalue weighted by atomic mass is 9.66. The number of rotatable bonds is 10. The van der Waals surface area contributed by atoms with E-state index in [1.165, 1.54) is 0 Å². The Morgan fingerprint density at radius 1 is 1.20 bits per heavy atom. The van der Waals surface area contributed by atoms with Crippen molar-refractivity contribution in [2.45, 2.75) is 62.5 Å². The zero-order valence-electron chi connectivity index (χ0n) is 21.1. The molecule has 3 fully saturated rings. The van der Waals surface area contributed by atoms with Crippen molar-refractivity contribution in [2.75, 3.05) is 43.1 Å². The first-order valence-electron chi connectivity index (χ1n) is 12.7. The third-order valence-electron chi connectivity index (χ3n) is 7.89. The summed E-state index contributed by atoms with van der Waals surface area (Å²) in [7, 11) is 0. The first-order valence-corrected chi connectivity index (χ1v) is 13.5. The standard InChI is InChI=1S/C26H37N3O5S/c1-5-28(6-2)18-11-9-17(10-12-18)27-22(31)21-26-14-13-25(4,35-26)20(24(33)34-7-3)19(26)23(32)29(21)15-8-16-30/h9-12,19-21,30H,5-8,13-16H2,1-4H3,(H,27,31)/t19-,20+,21?,25-,26?/m0/s1. The van der Waals surface area contributed by atoms with Crippen LogP contribution in [0.15, 0.2) is 24.3 Å². The number of ether oxygens (including phenoxy) is 1. The lowest BCUT2D eigenvalue weighted by molar-refractivity contribution is -0.155. The van der Waals surface area contributed by atoms with Crippen LogP contribution in [0, 0.1) is 11.8 Å². The number of likely N-dealkylation sites (tertiary alicyclic amines) is 1. The van der Waals surface area contributed by atoms with Gasteiger partial charge in [-0.15, -0.1) is 11.8 Å². The minimum Gasteiger partial charge on any atom is -0.466 e. The molecule has 1 aromatic carbocycles. The molecule has 0 saturated carbocycles. The molecule has 9 heteroatoms. The SMILES string of the molecule is CCOC(=O)[C@H]1[C@H]2C(=O)N(CCCO)C(C(=O)Nc3ccc(N(CC)CC)cc3)C23CC[C@]1(C)S3. The van der Waals surface area contributed by atoms with Crippen LogP contribution in [0.5, 0.6) is 0 Å². The molecule has 3 aliphatic heterocycles. The van der Waals surface area contributed by atoms with Gasteiger partial charge in [-0.25, -0.2) is 0 Å². The molecule has 0 aliphatic carbocycles. The molecule has 2 N–H and O–H groups in total. The summed E-state index contributed by atoms with van der Waals surface area (Å²) in [4.78, 5) is 44.3. The number of hydrogen-bond donors (Lipinski definition) is 2. The van der Waals surface area contributed by atoms with Crippen LogP contribution in [-0.4, -0.2) is 76.2 Å². The van der Waals surface area contributed by atoms with Crippen LogP contribution in [0.3, 0.4) is 0 Å². The summed E-state index contributed by atoms with van der Waals surface area (Å²) < 4.78 is 4.28. The molecule has 1 spiro atoms. The molecule has 35 heavy (non-hydrogen) atoms. The Hall–Kier alpha value is -2.26. The van der Waals surface area contributed by atoms with Crippen molar-refractivity contribution in [3.8, 4) is 0 Å². The predicted molar refractivity (Wildman–Crippen MR) is 137 cm³/mol. The lowest BCUT2D eigenvalue weighted by Crippen LogP contribution is -2.51. The Labute approximate surface area is 211 Å². The molecule has 1 aromatic rings. The average molecular weight is 504 g/mol. The van der Waals surface area contributed by atoms with Gasteiger partial charge in [0.1, 0.15) is 6.04 Å². The van der Waals surface area contributed by atoms with Gasteiger partial charge in [0, 0.05) is 42.4 Å². The summed E-state index contributed by atoms with van der Waals surface area (Å²) in [6, 6.07) is 7.04. The molecule has 3 saturated heterocycles. The maximum absolute atomic E-state index is 13.8. The van der Waals surface area contributed by atoms with Crippen molar-refractivity contribution >= 4 is 40.9 Å². The highest BCUT2D eigenvalue weighted by molar-refractivity contribution is 8.02. The number of fused-ring (bicyclic) bond motifs is 1. The molecule has 4 rings (SSSR count). The molecule has 2 unspecified atom stereocenters. The number of aliphatic hydroxyl groups is 1. The van der Waals surface area contributed by atoms with Crippen LogP contribution in [-0.2, 0) is 19.1 Å². The predicted octanol–water partition coefficient (Wildman–Crippen LogP) is 2.90. The fourth-order valence-corrected chi connectivity index (χ4v) is 8.70. The molecule has 0 radical (unpaired) electrons. The number of aliphatic hydroxyl groups excluding tert-OH is 1. The summed E-state index contributed by atoms with van der Waals surface area (Å²) in [6.45, 7) is 10.2. The topological polar surface area (TPSA) is 99.2 Å². The van der Waals surface area contributed by atoms with Gasteiger partial charge in [0.05, 0.1) is 23.2 Å². The maximum Gasteiger partial charge on any atom is 0.311 e. The molecule has 2 amide bonds. The number of esters is 1. The Balaban J connectivity index is 1.64.